The van der Waals surface area contributed by atoms with Crippen LogP contribution in [-0.4, -0.2) is 60.3 Å². The Hall–Kier alpha value is -2.20. The molecule has 2 aliphatic rings. The third-order valence-corrected chi connectivity index (χ3v) is 10.0. The van der Waals surface area contributed by atoms with Gasteiger partial charge in [-0.2, -0.15) is 4.31 Å². The summed E-state index contributed by atoms with van der Waals surface area (Å²) >= 11 is 7.69. The number of halogens is 1. The van der Waals surface area contributed by atoms with Crippen molar-refractivity contribution in [1.82, 2.24) is 14.2 Å². The van der Waals surface area contributed by atoms with Crippen molar-refractivity contribution < 1.29 is 17.9 Å². The second-order valence-corrected chi connectivity index (χ2v) is 12.5. The number of aromatic nitrogens is 1. The zero-order chi connectivity index (χ0) is 24.6. The van der Waals surface area contributed by atoms with Gasteiger partial charge in [-0.25, -0.2) is 13.4 Å². The van der Waals surface area contributed by atoms with Gasteiger partial charge in [-0.15, -0.1) is 0 Å². The molecule has 0 bridgehead atoms. The van der Waals surface area contributed by atoms with E-state index in [1.54, 1.807) is 33.5 Å². The fourth-order valence-electron chi connectivity index (χ4n) is 4.78. The number of piperidine rings is 2. The first-order valence-electron chi connectivity index (χ1n) is 12.0. The van der Waals surface area contributed by atoms with Crippen molar-refractivity contribution in [2.75, 3.05) is 19.6 Å². The zero-order valence-corrected chi connectivity index (χ0v) is 21.9. The Kier molecular flexibility index (Phi) is 7.03. The number of carbonyl (C=O) groups excluding carboxylic acids is 1. The maximum atomic E-state index is 13.0. The molecule has 0 N–H and O–H groups in total. The minimum atomic E-state index is -3.55. The monoisotopic (exact) mass is 533 g/mol. The van der Waals surface area contributed by atoms with Crippen LogP contribution >= 0.6 is 22.9 Å². The molecular formula is C25H28ClN3O4S2. The third kappa shape index (κ3) is 5.05. The van der Waals surface area contributed by atoms with Gasteiger partial charge in [0, 0.05) is 44.1 Å². The number of thiazole rings is 1. The average molecular weight is 534 g/mol. The summed E-state index contributed by atoms with van der Waals surface area (Å²) in [5.41, 5.74) is 1.25. The number of benzene rings is 2. The van der Waals surface area contributed by atoms with Gasteiger partial charge in [0.15, 0.2) is 0 Å². The van der Waals surface area contributed by atoms with Crippen LogP contribution in [0.25, 0.3) is 10.2 Å². The number of para-hydroxylation sites is 1. The highest BCUT2D eigenvalue weighted by Gasteiger charge is 2.31. The number of hydrogen-bond donors (Lipinski definition) is 0. The Bertz CT molecular complexity index is 1320. The fraction of sp³-hybridized carbons (Fsp3) is 0.440. The normalized spacial score (nSPS) is 20.3. The van der Waals surface area contributed by atoms with Crippen LogP contribution in [0.4, 0.5) is 0 Å². The Morgan fingerprint density at radius 1 is 1.06 bits per heavy atom. The summed E-state index contributed by atoms with van der Waals surface area (Å²) in [5, 5.41) is 1.20. The van der Waals surface area contributed by atoms with Crippen molar-refractivity contribution in [2.24, 2.45) is 0 Å². The van der Waals surface area contributed by atoms with Crippen molar-refractivity contribution in [3.8, 4) is 5.19 Å². The molecule has 3 aromatic rings. The summed E-state index contributed by atoms with van der Waals surface area (Å²) in [7, 11) is -3.55. The zero-order valence-electron chi connectivity index (χ0n) is 19.5. The predicted octanol–water partition coefficient (Wildman–Crippen LogP) is 5.20. The molecule has 2 aliphatic heterocycles. The van der Waals surface area contributed by atoms with Crippen LogP contribution in [-0.2, 0) is 10.0 Å². The molecule has 1 unspecified atom stereocenters. The highest BCUT2D eigenvalue weighted by molar-refractivity contribution is 7.89. The van der Waals surface area contributed by atoms with Gasteiger partial charge in [0.05, 0.1) is 14.6 Å². The first-order chi connectivity index (χ1) is 16.8. The summed E-state index contributed by atoms with van der Waals surface area (Å²) in [6.07, 6.45) is 4.20. The number of fused-ring (bicyclic) bond motifs is 1. The standard InChI is InChI=1S/C25H28ClN3O4S2/c1-17-5-2-3-14-29(17)35(31,32)20-10-8-18(9-11-20)24(30)28-15-12-19(13-16-28)33-25-27-23-21(26)6-4-7-22(23)34-25/h4,6-11,17,19H,2-3,5,12-16H2,1H3. The van der Waals surface area contributed by atoms with Crippen LogP contribution in [0.3, 0.4) is 0 Å². The molecule has 2 aromatic carbocycles. The summed E-state index contributed by atoms with van der Waals surface area (Å²) in [6.45, 7) is 3.64. The van der Waals surface area contributed by atoms with E-state index < -0.39 is 10.0 Å². The molecular weight excluding hydrogens is 506 g/mol. The number of hydrogen-bond acceptors (Lipinski definition) is 6. The summed E-state index contributed by atoms with van der Waals surface area (Å²) in [5.74, 6) is -0.0921. The van der Waals surface area contributed by atoms with Gasteiger partial charge < -0.3 is 9.64 Å². The van der Waals surface area contributed by atoms with Crippen LogP contribution in [0.15, 0.2) is 47.4 Å². The number of sulfonamides is 1. The van der Waals surface area contributed by atoms with E-state index in [0.29, 0.717) is 48.3 Å². The number of amides is 1. The lowest BCUT2D eigenvalue weighted by atomic mass is 10.1. The van der Waals surface area contributed by atoms with E-state index in [4.69, 9.17) is 16.3 Å². The van der Waals surface area contributed by atoms with Gasteiger partial charge in [0.2, 0.25) is 10.0 Å². The first kappa shape index (κ1) is 24.5. The van der Waals surface area contributed by atoms with Crippen LogP contribution in [0, 0.1) is 0 Å². The molecule has 1 aromatic heterocycles. The van der Waals surface area contributed by atoms with Crippen molar-refractivity contribution in [1.29, 1.82) is 0 Å². The number of rotatable bonds is 5. The predicted molar refractivity (Wildman–Crippen MR) is 138 cm³/mol. The van der Waals surface area contributed by atoms with Gasteiger partial charge in [0.1, 0.15) is 11.6 Å². The molecule has 3 heterocycles. The smallest absolute Gasteiger partial charge is 0.274 e. The summed E-state index contributed by atoms with van der Waals surface area (Å²) in [6, 6.07) is 12.0. The summed E-state index contributed by atoms with van der Waals surface area (Å²) in [4.78, 5) is 19.6. The van der Waals surface area contributed by atoms with Gasteiger partial charge in [-0.1, -0.05) is 35.4 Å². The molecule has 0 radical (unpaired) electrons. The first-order valence-corrected chi connectivity index (χ1v) is 14.6. The van der Waals surface area contributed by atoms with E-state index in [0.717, 1.165) is 29.5 Å². The molecule has 2 fully saturated rings. The number of nitrogens with zero attached hydrogens (tertiary/aromatic N) is 3. The van der Waals surface area contributed by atoms with Crippen molar-refractivity contribution in [2.45, 2.75) is 56.1 Å². The Morgan fingerprint density at radius 3 is 2.49 bits per heavy atom. The molecule has 0 aliphatic carbocycles. The second kappa shape index (κ2) is 10.0. The van der Waals surface area contributed by atoms with Gasteiger partial charge in [-0.3, -0.25) is 4.79 Å². The van der Waals surface area contributed by atoms with E-state index in [1.807, 2.05) is 25.1 Å². The molecule has 7 nitrogen and oxygen atoms in total. The van der Waals surface area contributed by atoms with Gasteiger partial charge >= 0.3 is 0 Å². The van der Waals surface area contributed by atoms with E-state index in [9.17, 15) is 13.2 Å². The van der Waals surface area contributed by atoms with E-state index >= 15 is 0 Å². The fourth-order valence-corrected chi connectivity index (χ4v) is 7.66. The maximum Gasteiger partial charge on any atom is 0.274 e. The van der Waals surface area contributed by atoms with Crippen LogP contribution in [0.5, 0.6) is 5.19 Å². The van der Waals surface area contributed by atoms with Crippen molar-refractivity contribution >= 4 is 49.1 Å². The lowest BCUT2D eigenvalue weighted by Gasteiger charge is -2.32. The largest absolute Gasteiger partial charge is 0.467 e. The third-order valence-electron chi connectivity index (χ3n) is 6.80. The lowest BCUT2D eigenvalue weighted by Crippen LogP contribution is -2.42. The minimum absolute atomic E-state index is 0.00155. The van der Waals surface area contributed by atoms with Gasteiger partial charge in [0.25, 0.3) is 11.1 Å². The van der Waals surface area contributed by atoms with Crippen LogP contribution in [0.1, 0.15) is 49.4 Å². The Labute approximate surface area is 214 Å². The number of likely N-dealkylation sites (tertiary alicyclic amines) is 1. The van der Waals surface area contributed by atoms with E-state index in [2.05, 4.69) is 4.98 Å². The summed E-state index contributed by atoms with van der Waals surface area (Å²) < 4.78 is 34.8. The topological polar surface area (TPSA) is 79.8 Å². The Morgan fingerprint density at radius 2 is 1.80 bits per heavy atom. The molecule has 5 rings (SSSR count). The van der Waals surface area contributed by atoms with E-state index in [-0.39, 0.29) is 22.9 Å². The van der Waals surface area contributed by atoms with Crippen LogP contribution in [0.2, 0.25) is 5.02 Å². The van der Waals surface area contributed by atoms with Crippen molar-refractivity contribution in [3.63, 3.8) is 0 Å². The Balaban J connectivity index is 1.19. The molecule has 10 heteroatoms. The lowest BCUT2D eigenvalue weighted by molar-refractivity contribution is 0.0595. The molecule has 0 spiro atoms. The number of ether oxygens (including phenoxy) is 1. The molecule has 1 atom stereocenters. The van der Waals surface area contributed by atoms with E-state index in [1.165, 1.54) is 11.3 Å². The highest BCUT2D eigenvalue weighted by atomic mass is 35.5. The van der Waals surface area contributed by atoms with Gasteiger partial charge in [-0.05, 0) is 56.2 Å². The quantitative estimate of drug-likeness (QED) is 0.450. The second-order valence-electron chi connectivity index (χ2n) is 9.16. The number of carbonyl (C=O) groups is 1. The SMILES string of the molecule is CC1CCCCN1S(=O)(=O)c1ccc(C(=O)N2CCC(Oc3nc4c(Cl)cccc4s3)CC2)cc1. The molecule has 0 saturated carbocycles. The minimum Gasteiger partial charge on any atom is -0.467 e. The van der Waals surface area contributed by atoms with Crippen LogP contribution < -0.4 is 4.74 Å². The highest BCUT2D eigenvalue weighted by Crippen LogP contribution is 2.33. The van der Waals surface area contributed by atoms with Crippen molar-refractivity contribution in [3.05, 3.63) is 53.1 Å². The molecule has 2 saturated heterocycles. The molecule has 35 heavy (non-hydrogen) atoms. The molecule has 186 valence electrons. The average Bonchev–Trinajstić information content (AvgIpc) is 3.28. The maximum absolute atomic E-state index is 13.0. The molecule has 1 amide bonds.